The van der Waals surface area contributed by atoms with Crippen LogP contribution in [-0.2, 0) is 24.1 Å². The third-order valence-electron chi connectivity index (χ3n) is 3.96. The van der Waals surface area contributed by atoms with E-state index in [-0.39, 0.29) is 17.3 Å². The van der Waals surface area contributed by atoms with Crippen LogP contribution >= 0.6 is 23.2 Å². The van der Waals surface area contributed by atoms with E-state index in [0.29, 0.717) is 11.3 Å². The van der Waals surface area contributed by atoms with Crippen molar-refractivity contribution in [3.05, 3.63) is 63.4 Å². The van der Waals surface area contributed by atoms with E-state index in [9.17, 15) is 22.4 Å². The number of alkyl halides is 3. The first-order valence-electron chi connectivity index (χ1n) is 8.11. The Bertz CT molecular complexity index is 1060. The first kappa shape index (κ1) is 21.1. The fourth-order valence-electron chi connectivity index (χ4n) is 2.53. The monoisotopic (exact) mass is 449 g/mol. The van der Waals surface area contributed by atoms with Crippen LogP contribution in [0.5, 0.6) is 0 Å². The van der Waals surface area contributed by atoms with E-state index >= 15 is 0 Å². The quantitative estimate of drug-likeness (QED) is 0.581. The second kappa shape index (κ2) is 8.03. The van der Waals surface area contributed by atoms with E-state index < -0.39 is 35.2 Å². The third kappa shape index (κ3) is 4.88. The normalized spacial score (nSPS) is 11.7. The fourth-order valence-corrected chi connectivity index (χ4v) is 3.00. The predicted molar refractivity (Wildman–Crippen MR) is 98.3 cm³/mol. The van der Waals surface area contributed by atoms with Crippen molar-refractivity contribution in [2.75, 3.05) is 5.32 Å². The summed E-state index contributed by atoms with van der Waals surface area (Å²) in [7, 11) is 0. The summed E-state index contributed by atoms with van der Waals surface area (Å²) in [5.74, 6) is -1.07. The minimum atomic E-state index is -4.72. The summed E-state index contributed by atoms with van der Waals surface area (Å²) in [5, 5.41) is 9.63. The van der Waals surface area contributed by atoms with Crippen LogP contribution in [0.25, 0.3) is 0 Å². The lowest BCUT2D eigenvalue weighted by atomic mass is 10.2. The molecule has 29 heavy (non-hydrogen) atoms. The van der Waals surface area contributed by atoms with Crippen LogP contribution < -0.4 is 5.32 Å². The smallest absolute Gasteiger partial charge is 0.322 e. The molecule has 1 amide bonds. The predicted octanol–water partition coefficient (Wildman–Crippen LogP) is 4.54. The minimum absolute atomic E-state index is 0.0239. The standard InChI is InChI=1S/C17H13Cl2F4N5O/c1-9-15(19)16(17(21,22)23)26-28(9)8-14(29)25-12-5-24-27(7-12)6-10-2-3-11(20)4-13(10)18/h2-5,7H,6,8H2,1H3,(H,25,29). The molecule has 0 bridgehead atoms. The lowest BCUT2D eigenvalue weighted by molar-refractivity contribution is -0.141. The van der Waals surface area contributed by atoms with Gasteiger partial charge in [0.1, 0.15) is 12.4 Å². The van der Waals surface area contributed by atoms with E-state index in [1.165, 1.54) is 42.2 Å². The van der Waals surface area contributed by atoms with Crippen molar-refractivity contribution < 1.29 is 22.4 Å². The van der Waals surface area contributed by atoms with Crippen LogP contribution in [0, 0.1) is 12.7 Å². The van der Waals surface area contributed by atoms with Gasteiger partial charge in [0.25, 0.3) is 0 Å². The number of benzene rings is 1. The van der Waals surface area contributed by atoms with Crippen molar-refractivity contribution in [1.29, 1.82) is 0 Å². The van der Waals surface area contributed by atoms with Gasteiger partial charge in [0.15, 0.2) is 5.69 Å². The van der Waals surface area contributed by atoms with E-state index in [0.717, 1.165) is 4.68 Å². The molecule has 0 atom stereocenters. The van der Waals surface area contributed by atoms with Crippen molar-refractivity contribution in [1.82, 2.24) is 19.6 Å². The molecule has 0 unspecified atom stereocenters. The summed E-state index contributed by atoms with van der Waals surface area (Å²) < 4.78 is 54.0. The number of rotatable bonds is 5. The van der Waals surface area contributed by atoms with Crippen LogP contribution in [0.1, 0.15) is 17.0 Å². The second-order valence-corrected chi connectivity index (χ2v) is 6.90. The molecule has 0 aliphatic rings. The highest BCUT2D eigenvalue weighted by molar-refractivity contribution is 6.32. The zero-order chi connectivity index (χ0) is 21.3. The van der Waals surface area contributed by atoms with Gasteiger partial charge in [0.05, 0.1) is 29.1 Å². The SMILES string of the molecule is Cc1c(Cl)c(C(F)(F)F)nn1CC(=O)Nc1cnn(Cc2ccc(F)cc2Cl)c1. The highest BCUT2D eigenvalue weighted by Gasteiger charge is 2.38. The second-order valence-electron chi connectivity index (χ2n) is 6.11. The molecule has 0 fully saturated rings. The fraction of sp³-hybridized carbons (Fsp3) is 0.235. The zero-order valence-electron chi connectivity index (χ0n) is 14.8. The summed E-state index contributed by atoms with van der Waals surface area (Å²) in [6.07, 6.45) is -1.85. The highest BCUT2D eigenvalue weighted by Crippen LogP contribution is 2.35. The number of amides is 1. The Morgan fingerprint density at radius 3 is 2.62 bits per heavy atom. The number of carbonyl (C=O) groups excluding carboxylic acids is 1. The first-order valence-corrected chi connectivity index (χ1v) is 8.86. The molecule has 1 N–H and O–H groups in total. The Balaban J connectivity index is 1.66. The van der Waals surface area contributed by atoms with Crippen LogP contribution in [0.4, 0.5) is 23.2 Å². The molecule has 3 aromatic rings. The molecule has 0 spiro atoms. The molecular weight excluding hydrogens is 437 g/mol. The Kier molecular flexibility index (Phi) is 5.85. The molecule has 0 aliphatic carbocycles. The van der Waals surface area contributed by atoms with E-state index in [1.807, 2.05) is 0 Å². The maximum atomic E-state index is 13.1. The molecule has 12 heteroatoms. The van der Waals surface area contributed by atoms with Gasteiger partial charge < -0.3 is 5.32 Å². The van der Waals surface area contributed by atoms with Gasteiger partial charge in [-0.05, 0) is 24.6 Å². The van der Waals surface area contributed by atoms with Crippen LogP contribution in [0.2, 0.25) is 10.0 Å². The Labute approximate surface area is 172 Å². The summed E-state index contributed by atoms with van der Waals surface area (Å²) >= 11 is 11.6. The van der Waals surface area contributed by atoms with Crippen LogP contribution in [0.15, 0.2) is 30.6 Å². The maximum Gasteiger partial charge on any atom is 0.436 e. The minimum Gasteiger partial charge on any atom is -0.322 e. The van der Waals surface area contributed by atoms with Gasteiger partial charge in [0, 0.05) is 11.2 Å². The highest BCUT2D eigenvalue weighted by atomic mass is 35.5. The average molecular weight is 450 g/mol. The van der Waals surface area contributed by atoms with Crippen molar-refractivity contribution in [2.45, 2.75) is 26.2 Å². The van der Waals surface area contributed by atoms with Gasteiger partial charge >= 0.3 is 6.18 Å². The molecule has 6 nitrogen and oxygen atoms in total. The van der Waals surface area contributed by atoms with Crippen molar-refractivity contribution in [3.63, 3.8) is 0 Å². The van der Waals surface area contributed by atoms with Gasteiger partial charge in [-0.3, -0.25) is 14.2 Å². The number of aromatic nitrogens is 4. The summed E-state index contributed by atoms with van der Waals surface area (Å²) in [5.41, 5.74) is -0.278. The maximum absolute atomic E-state index is 13.1. The van der Waals surface area contributed by atoms with Crippen LogP contribution in [-0.4, -0.2) is 25.5 Å². The molecule has 0 aliphatic heterocycles. The third-order valence-corrected chi connectivity index (χ3v) is 4.76. The molecule has 0 saturated heterocycles. The number of nitrogens with zero attached hydrogens (tertiary/aromatic N) is 4. The number of nitrogens with one attached hydrogen (secondary N) is 1. The van der Waals surface area contributed by atoms with Crippen molar-refractivity contribution in [2.24, 2.45) is 0 Å². The molecule has 2 aromatic heterocycles. The Morgan fingerprint density at radius 2 is 2.00 bits per heavy atom. The van der Waals surface area contributed by atoms with E-state index in [2.05, 4.69) is 15.5 Å². The topological polar surface area (TPSA) is 64.7 Å². The van der Waals surface area contributed by atoms with Gasteiger partial charge in [-0.2, -0.15) is 23.4 Å². The van der Waals surface area contributed by atoms with Gasteiger partial charge in [-0.15, -0.1) is 0 Å². The van der Waals surface area contributed by atoms with Crippen molar-refractivity contribution in [3.8, 4) is 0 Å². The largest absolute Gasteiger partial charge is 0.436 e. The van der Waals surface area contributed by atoms with Gasteiger partial charge in [0.2, 0.25) is 5.91 Å². The summed E-state index contributed by atoms with van der Waals surface area (Å²) in [4.78, 5) is 12.2. The molecule has 0 radical (unpaired) electrons. The number of hydrogen-bond donors (Lipinski definition) is 1. The Hall–Kier alpha value is -2.59. The molecule has 0 saturated carbocycles. The molecular formula is C17H13Cl2F4N5O. The number of hydrogen-bond acceptors (Lipinski definition) is 3. The number of halogens is 6. The number of anilines is 1. The first-order chi connectivity index (χ1) is 13.5. The molecule has 154 valence electrons. The van der Waals surface area contributed by atoms with Crippen molar-refractivity contribution >= 4 is 34.8 Å². The Morgan fingerprint density at radius 1 is 1.28 bits per heavy atom. The van der Waals surface area contributed by atoms with Crippen LogP contribution in [0.3, 0.4) is 0 Å². The van der Waals surface area contributed by atoms with E-state index in [1.54, 1.807) is 0 Å². The number of carbonyl (C=O) groups is 1. The summed E-state index contributed by atoms with van der Waals surface area (Å²) in [6.45, 7) is 1.11. The van der Waals surface area contributed by atoms with Gasteiger partial charge in [-0.25, -0.2) is 4.39 Å². The molecule has 3 rings (SSSR count). The zero-order valence-corrected chi connectivity index (χ0v) is 16.3. The molecule has 1 aromatic carbocycles. The van der Waals surface area contributed by atoms with E-state index in [4.69, 9.17) is 23.2 Å². The lowest BCUT2D eigenvalue weighted by Crippen LogP contribution is -2.20. The summed E-state index contributed by atoms with van der Waals surface area (Å²) in [6, 6.07) is 3.95. The average Bonchev–Trinajstić information content (AvgIpc) is 3.16. The molecule has 2 heterocycles. The van der Waals surface area contributed by atoms with Gasteiger partial charge in [-0.1, -0.05) is 29.3 Å². The lowest BCUT2D eigenvalue weighted by Gasteiger charge is -2.06.